The Morgan fingerprint density at radius 2 is 1.94 bits per heavy atom. The molecule has 2 aromatic rings. The van der Waals surface area contributed by atoms with Crippen molar-refractivity contribution in [2.75, 3.05) is 33.8 Å². The minimum absolute atomic E-state index is 0.0307. The summed E-state index contributed by atoms with van der Waals surface area (Å²) in [6, 6.07) is 10.2. The molecule has 0 saturated carbocycles. The lowest BCUT2D eigenvalue weighted by Gasteiger charge is -2.26. The molecule has 1 amide bonds. The molecule has 0 radical (unpaired) electrons. The van der Waals surface area contributed by atoms with E-state index in [1.165, 1.54) is 17.0 Å². The SMILES string of the molecule is CN(C)CCCN1C(=O)C(=O)/C(=C(\O)c2ccc3c(c2)CCCO3)C1c1ccc(F)cc1. The molecule has 1 N–H and O–H groups in total. The molecule has 1 saturated heterocycles. The number of Topliss-reactive ketones (excluding diaryl/α,β-unsaturated/α-hetero) is 1. The lowest BCUT2D eigenvalue weighted by atomic mass is 9.94. The van der Waals surface area contributed by atoms with Gasteiger partial charge in [0.2, 0.25) is 0 Å². The summed E-state index contributed by atoms with van der Waals surface area (Å²) in [6.45, 7) is 1.74. The summed E-state index contributed by atoms with van der Waals surface area (Å²) in [5, 5.41) is 11.2. The first-order valence-electron chi connectivity index (χ1n) is 10.8. The molecule has 0 bridgehead atoms. The van der Waals surface area contributed by atoms with E-state index in [0.717, 1.165) is 30.7 Å². The van der Waals surface area contributed by atoms with Gasteiger partial charge >= 0.3 is 0 Å². The van der Waals surface area contributed by atoms with Crippen molar-refractivity contribution in [3.8, 4) is 5.75 Å². The van der Waals surface area contributed by atoms with Gasteiger partial charge in [0.25, 0.3) is 11.7 Å². The van der Waals surface area contributed by atoms with Crippen LogP contribution in [0.1, 0.15) is 35.6 Å². The Morgan fingerprint density at radius 3 is 2.66 bits per heavy atom. The van der Waals surface area contributed by atoms with Crippen molar-refractivity contribution in [2.45, 2.75) is 25.3 Å². The number of carbonyl (C=O) groups excluding carboxylic acids is 2. The van der Waals surface area contributed by atoms with Crippen LogP contribution in [-0.4, -0.2) is 60.4 Å². The predicted octanol–water partition coefficient (Wildman–Crippen LogP) is 3.52. The average molecular weight is 438 g/mol. The molecule has 0 aliphatic carbocycles. The van der Waals surface area contributed by atoms with Crippen molar-refractivity contribution in [3.05, 3.63) is 70.5 Å². The van der Waals surface area contributed by atoms with Gasteiger partial charge in [-0.05, 0) is 81.4 Å². The zero-order valence-corrected chi connectivity index (χ0v) is 18.3. The largest absolute Gasteiger partial charge is 0.507 e. The molecule has 2 aliphatic heterocycles. The van der Waals surface area contributed by atoms with Gasteiger partial charge in [-0.2, -0.15) is 0 Å². The zero-order chi connectivity index (χ0) is 22.8. The number of nitrogens with zero attached hydrogens (tertiary/aromatic N) is 2. The number of ether oxygens (including phenoxy) is 1. The Hall–Kier alpha value is -3.19. The lowest BCUT2D eigenvalue weighted by Crippen LogP contribution is -2.32. The van der Waals surface area contributed by atoms with Crippen LogP contribution >= 0.6 is 0 Å². The maximum absolute atomic E-state index is 13.6. The van der Waals surface area contributed by atoms with E-state index in [1.54, 1.807) is 24.3 Å². The number of hydrogen-bond donors (Lipinski definition) is 1. The van der Waals surface area contributed by atoms with Gasteiger partial charge in [-0.3, -0.25) is 9.59 Å². The third kappa shape index (κ3) is 4.25. The molecule has 2 aromatic carbocycles. The highest BCUT2D eigenvalue weighted by molar-refractivity contribution is 6.46. The number of aryl methyl sites for hydroxylation is 1. The smallest absolute Gasteiger partial charge is 0.295 e. The van der Waals surface area contributed by atoms with Crippen LogP contribution in [0.5, 0.6) is 5.75 Å². The normalized spacial score (nSPS) is 19.9. The summed E-state index contributed by atoms with van der Waals surface area (Å²) in [5.74, 6) is -1.24. The van der Waals surface area contributed by atoms with Crippen LogP contribution in [0.4, 0.5) is 4.39 Å². The Kier molecular flexibility index (Phi) is 6.28. The van der Waals surface area contributed by atoms with Crippen molar-refractivity contribution in [1.29, 1.82) is 0 Å². The van der Waals surface area contributed by atoms with Crippen molar-refractivity contribution < 1.29 is 23.8 Å². The van der Waals surface area contributed by atoms with E-state index in [-0.39, 0.29) is 11.3 Å². The monoisotopic (exact) mass is 438 g/mol. The molecule has 0 aromatic heterocycles. The van der Waals surface area contributed by atoms with E-state index in [2.05, 4.69) is 0 Å². The Bertz CT molecular complexity index is 1060. The van der Waals surface area contributed by atoms with Gasteiger partial charge in [-0.1, -0.05) is 12.1 Å². The first-order valence-corrected chi connectivity index (χ1v) is 10.8. The van der Waals surface area contributed by atoms with Crippen LogP contribution in [-0.2, 0) is 16.0 Å². The number of amides is 1. The van der Waals surface area contributed by atoms with Gasteiger partial charge in [-0.15, -0.1) is 0 Å². The molecule has 6 nitrogen and oxygen atoms in total. The van der Waals surface area contributed by atoms with Crippen molar-refractivity contribution in [3.63, 3.8) is 0 Å². The van der Waals surface area contributed by atoms with Crippen LogP contribution in [0.2, 0.25) is 0 Å². The van der Waals surface area contributed by atoms with Gasteiger partial charge in [0.1, 0.15) is 17.3 Å². The molecule has 4 rings (SSSR count). The van der Waals surface area contributed by atoms with Crippen molar-refractivity contribution in [2.24, 2.45) is 0 Å². The third-order valence-corrected chi connectivity index (χ3v) is 5.91. The highest BCUT2D eigenvalue weighted by Crippen LogP contribution is 2.40. The topological polar surface area (TPSA) is 70.1 Å². The van der Waals surface area contributed by atoms with Gasteiger partial charge in [0.15, 0.2) is 0 Å². The number of fused-ring (bicyclic) bond motifs is 1. The Morgan fingerprint density at radius 1 is 1.19 bits per heavy atom. The number of likely N-dealkylation sites (tertiary alicyclic amines) is 1. The maximum Gasteiger partial charge on any atom is 0.295 e. The first-order chi connectivity index (χ1) is 15.4. The van der Waals surface area contributed by atoms with E-state index in [1.807, 2.05) is 25.1 Å². The second-order valence-corrected chi connectivity index (χ2v) is 8.48. The quantitative estimate of drug-likeness (QED) is 0.425. The van der Waals surface area contributed by atoms with Crippen LogP contribution < -0.4 is 4.74 Å². The minimum Gasteiger partial charge on any atom is -0.507 e. The number of aliphatic hydroxyl groups excluding tert-OH is 1. The molecule has 1 atom stereocenters. The molecule has 7 heteroatoms. The van der Waals surface area contributed by atoms with E-state index >= 15 is 0 Å². The number of hydrogen-bond acceptors (Lipinski definition) is 5. The van der Waals surface area contributed by atoms with E-state index in [4.69, 9.17) is 4.74 Å². The highest BCUT2D eigenvalue weighted by atomic mass is 19.1. The standard InChI is InChI=1S/C25H27FN2O4/c1-27(2)12-4-13-28-22(16-6-9-19(26)10-7-16)21(24(30)25(28)31)23(29)18-8-11-20-17(15-18)5-3-14-32-20/h6-11,15,22,29H,3-5,12-14H2,1-2H3/b23-21-. The number of aliphatic hydroxyl groups is 1. The molecule has 1 unspecified atom stereocenters. The number of ketones is 1. The summed E-state index contributed by atoms with van der Waals surface area (Å²) < 4.78 is 19.2. The van der Waals surface area contributed by atoms with Crippen LogP contribution in [0.3, 0.4) is 0 Å². The van der Waals surface area contributed by atoms with Crippen LogP contribution in [0.15, 0.2) is 48.0 Å². The van der Waals surface area contributed by atoms with E-state index in [0.29, 0.717) is 30.7 Å². The summed E-state index contributed by atoms with van der Waals surface area (Å²) in [4.78, 5) is 29.5. The minimum atomic E-state index is -0.773. The average Bonchev–Trinajstić information content (AvgIpc) is 3.03. The number of carbonyl (C=O) groups is 2. The highest BCUT2D eigenvalue weighted by Gasteiger charge is 2.45. The van der Waals surface area contributed by atoms with E-state index < -0.39 is 23.5 Å². The van der Waals surface area contributed by atoms with Gasteiger partial charge < -0.3 is 19.6 Å². The van der Waals surface area contributed by atoms with E-state index in [9.17, 15) is 19.1 Å². The molecule has 168 valence electrons. The molecule has 32 heavy (non-hydrogen) atoms. The third-order valence-electron chi connectivity index (χ3n) is 5.91. The maximum atomic E-state index is 13.6. The van der Waals surface area contributed by atoms with Crippen molar-refractivity contribution in [1.82, 2.24) is 9.80 Å². The fraction of sp³-hybridized carbons (Fsp3) is 0.360. The summed E-state index contributed by atoms with van der Waals surface area (Å²) in [5.41, 5.74) is 2.04. The van der Waals surface area contributed by atoms with Gasteiger partial charge in [-0.25, -0.2) is 4.39 Å². The Labute approximate surface area is 186 Å². The fourth-order valence-electron chi connectivity index (χ4n) is 4.32. The lowest BCUT2D eigenvalue weighted by molar-refractivity contribution is -0.139. The van der Waals surface area contributed by atoms with Crippen LogP contribution in [0, 0.1) is 5.82 Å². The number of rotatable bonds is 6. The summed E-state index contributed by atoms with van der Waals surface area (Å²) in [6.07, 6.45) is 2.35. The predicted molar refractivity (Wildman–Crippen MR) is 119 cm³/mol. The molecule has 2 heterocycles. The first kappa shape index (κ1) is 22.0. The van der Waals surface area contributed by atoms with Crippen molar-refractivity contribution >= 4 is 17.4 Å². The van der Waals surface area contributed by atoms with Crippen LogP contribution in [0.25, 0.3) is 5.76 Å². The molecule has 1 fully saturated rings. The molecular weight excluding hydrogens is 411 g/mol. The summed E-state index contributed by atoms with van der Waals surface area (Å²) >= 11 is 0. The zero-order valence-electron chi connectivity index (χ0n) is 18.3. The molecular formula is C25H27FN2O4. The van der Waals surface area contributed by atoms with Gasteiger partial charge in [0, 0.05) is 12.1 Å². The second kappa shape index (κ2) is 9.12. The van der Waals surface area contributed by atoms with Gasteiger partial charge in [0.05, 0.1) is 18.2 Å². The second-order valence-electron chi connectivity index (χ2n) is 8.48. The molecule has 0 spiro atoms. The Balaban J connectivity index is 1.77. The summed E-state index contributed by atoms with van der Waals surface area (Å²) in [7, 11) is 3.87. The number of benzene rings is 2. The fourth-order valence-corrected chi connectivity index (χ4v) is 4.32. The molecule has 2 aliphatic rings. The number of halogens is 1.